The number of hydrogen-bond acceptors (Lipinski definition) is 3. The van der Waals surface area contributed by atoms with Gasteiger partial charge >= 0.3 is 0 Å². The molecule has 0 N–H and O–H groups in total. The maximum absolute atomic E-state index is 2.59. The van der Waals surface area contributed by atoms with Crippen LogP contribution in [0.5, 0.6) is 0 Å². The lowest BCUT2D eigenvalue weighted by atomic mass is 9.36. The first-order valence-corrected chi connectivity index (χ1v) is 20.8. The van der Waals surface area contributed by atoms with Gasteiger partial charge in [0.05, 0.1) is 11.1 Å². The van der Waals surface area contributed by atoms with Gasteiger partial charge in [0, 0.05) is 43.3 Å². The molecule has 4 aliphatic rings. The van der Waals surface area contributed by atoms with Crippen molar-refractivity contribution < 1.29 is 0 Å². The standard InChI is InChI=1S/C53H35BN2S/c1-32-23-26-35(27-24-32)56-48-22-12-21-47-50(48)54(45-19-10-11-20-46(45)55(47)34-13-4-3-5-14-34)52-51(56)40-30-39-38-28-25-33(2)29-43(38)53(44(39)31-49(40)57-52)41-17-8-6-15-36(41)37-16-7-9-18-42(37)53/h3-31H,1-2H3. The van der Waals surface area contributed by atoms with Gasteiger partial charge in [0.1, 0.15) is 0 Å². The summed E-state index contributed by atoms with van der Waals surface area (Å²) in [6.07, 6.45) is 0. The van der Waals surface area contributed by atoms with Gasteiger partial charge in [0.25, 0.3) is 6.71 Å². The molecule has 0 atom stereocenters. The van der Waals surface area contributed by atoms with E-state index >= 15 is 0 Å². The lowest BCUT2D eigenvalue weighted by molar-refractivity contribution is 0.794. The van der Waals surface area contributed by atoms with E-state index in [9.17, 15) is 0 Å². The summed E-state index contributed by atoms with van der Waals surface area (Å²) in [5, 5.41) is 1.32. The van der Waals surface area contributed by atoms with Gasteiger partial charge in [-0.25, -0.2) is 0 Å². The van der Waals surface area contributed by atoms with Crippen molar-refractivity contribution in [2.45, 2.75) is 19.3 Å². The average molecular weight is 743 g/mol. The van der Waals surface area contributed by atoms with Crippen LogP contribution in [0.3, 0.4) is 0 Å². The summed E-state index contributed by atoms with van der Waals surface area (Å²) in [5.41, 5.74) is 23.2. The number of benzene rings is 8. The molecule has 9 aromatic rings. The predicted molar refractivity (Wildman–Crippen MR) is 242 cm³/mol. The summed E-state index contributed by atoms with van der Waals surface area (Å²) < 4.78 is 2.73. The van der Waals surface area contributed by atoms with Gasteiger partial charge in [0.2, 0.25) is 0 Å². The van der Waals surface area contributed by atoms with E-state index in [0.717, 1.165) is 0 Å². The number of rotatable bonds is 2. The van der Waals surface area contributed by atoms with E-state index in [1.54, 1.807) is 0 Å². The third-order valence-corrected chi connectivity index (χ3v) is 14.4. The summed E-state index contributed by atoms with van der Waals surface area (Å²) in [6.45, 7) is 4.51. The lowest BCUT2D eigenvalue weighted by Gasteiger charge is -2.43. The molecule has 57 heavy (non-hydrogen) atoms. The van der Waals surface area contributed by atoms with Crippen LogP contribution in [-0.4, -0.2) is 6.71 Å². The molecule has 2 nitrogen and oxygen atoms in total. The van der Waals surface area contributed by atoms with Crippen molar-refractivity contribution in [2.24, 2.45) is 0 Å². The second-order valence-corrected chi connectivity index (χ2v) is 17.2. The Balaban J connectivity index is 1.15. The largest absolute Gasteiger partial charge is 0.311 e. The van der Waals surface area contributed by atoms with Gasteiger partial charge in [-0.05, 0) is 124 Å². The zero-order chi connectivity index (χ0) is 37.6. The van der Waals surface area contributed by atoms with E-state index in [-0.39, 0.29) is 12.1 Å². The Morgan fingerprint density at radius 3 is 1.82 bits per heavy atom. The first-order chi connectivity index (χ1) is 28.1. The van der Waals surface area contributed by atoms with Crippen molar-refractivity contribution in [1.29, 1.82) is 0 Å². The van der Waals surface area contributed by atoms with Gasteiger partial charge in [-0.3, -0.25) is 0 Å². The van der Waals surface area contributed by atoms with Crippen molar-refractivity contribution >= 4 is 78.0 Å². The Morgan fingerprint density at radius 1 is 0.456 bits per heavy atom. The SMILES string of the molecule is Cc1ccc(N2c3cccc4c3B(c3ccccc3N4c3ccccc3)c3sc4cc5c(cc4c32)-c2ccc(C)cc2C52c3ccccc3-c3ccccc32)cc1. The highest BCUT2D eigenvalue weighted by Gasteiger charge is 2.52. The van der Waals surface area contributed by atoms with Crippen LogP contribution < -0.4 is 25.5 Å². The first-order valence-electron chi connectivity index (χ1n) is 20.0. The number of aryl methyl sites for hydroxylation is 2. The van der Waals surface area contributed by atoms with Crippen molar-refractivity contribution in [3.8, 4) is 22.3 Å². The van der Waals surface area contributed by atoms with E-state index in [4.69, 9.17) is 0 Å². The fourth-order valence-electron chi connectivity index (χ4n) is 10.9. The van der Waals surface area contributed by atoms with E-state index in [0.29, 0.717) is 0 Å². The van der Waals surface area contributed by atoms with Crippen molar-refractivity contribution in [2.75, 3.05) is 9.80 Å². The van der Waals surface area contributed by atoms with Crippen molar-refractivity contribution in [1.82, 2.24) is 0 Å². The molecule has 8 aromatic carbocycles. The van der Waals surface area contributed by atoms with Crippen molar-refractivity contribution in [3.63, 3.8) is 0 Å². The number of hydrogen-bond donors (Lipinski definition) is 0. The summed E-state index contributed by atoms with van der Waals surface area (Å²) in [7, 11) is 0. The van der Waals surface area contributed by atoms with Gasteiger partial charge in [0.15, 0.2) is 0 Å². The van der Waals surface area contributed by atoms with Crippen LogP contribution in [0.4, 0.5) is 34.1 Å². The Kier molecular flexibility index (Phi) is 6.23. The molecule has 0 amide bonds. The average Bonchev–Trinajstić information content (AvgIpc) is 3.87. The minimum Gasteiger partial charge on any atom is -0.311 e. The number of fused-ring (bicyclic) bond motifs is 16. The molecule has 0 radical (unpaired) electrons. The second kappa shape index (κ2) is 11.2. The highest BCUT2D eigenvalue weighted by Crippen LogP contribution is 2.64. The Labute approximate surface area is 337 Å². The molecule has 266 valence electrons. The van der Waals surface area contributed by atoms with Crippen LogP contribution in [0, 0.1) is 13.8 Å². The normalized spacial score (nSPS) is 14.5. The fraction of sp³-hybridized carbons (Fsp3) is 0.0566. The van der Waals surface area contributed by atoms with Crippen LogP contribution >= 0.6 is 11.3 Å². The molecule has 4 heteroatoms. The van der Waals surface area contributed by atoms with Gasteiger partial charge < -0.3 is 9.80 Å². The Bertz CT molecular complexity index is 3130. The highest BCUT2D eigenvalue weighted by atomic mass is 32.1. The topological polar surface area (TPSA) is 6.48 Å². The van der Waals surface area contributed by atoms with E-state index in [1.165, 1.54) is 116 Å². The van der Waals surface area contributed by atoms with Gasteiger partial charge in [-0.1, -0.05) is 132 Å². The smallest absolute Gasteiger partial charge is 0.264 e. The minimum atomic E-state index is -0.386. The summed E-state index contributed by atoms with van der Waals surface area (Å²) in [6, 6.07) is 66.6. The monoisotopic (exact) mass is 742 g/mol. The maximum Gasteiger partial charge on any atom is 0.264 e. The lowest BCUT2D eigenvalue weighted by Crippen LogP contribution is -2.60. The fourth-order valence-corrected chi connectivity index (χ4v) is 12.3. The molecule has 0 bridgehead atoms. The predicted octanol–water partition coefficient (Wildman–Crippen LogP) is 11.9. The summed E-state index contributed by atoms with van der Waals surface area (Å²) in [4.78, 5) is 5.05. The van der Waals surface area contributed by atoms with E-state index < -0.39 is 0 Å². The molecule has 1 spiro atoms. The third kappa shape index (κ3) is 3.96. The molecule has 0 saturated heterocycles. The molecule has 2 aliphatic heterocycles. The molecule has 3 heterocycles. The minimum absolute atomic E-state index is 0.0909. The Morgan fingerprint density at radius 2 is 1.05 bits per heavy atom. The van der Waals surface area contributed by atoms with Gasteiger partial charge in [-0.2, -0.15) is 0 Å². The van der Waals surface area contributed by atoms with Crippen LogP contribution in [0.15, 0.2) is 176 Å². The molecular formula is C53H35BN2S. The summed E-state index contributed by atoms with van der Waals surface area (Å²) >= 11 is 1.99. The van der Waals surface area contributed by atoms with Crippen molar-refractivity contribution in [3.05, 3.63) is 209 Å². The van der Waals surface area contributed by atoms with E-state index in [1.807, 2.05) is 11.3 Å². The number of anilines is 6. The molecular weight excluding hydrogens is 707 g/mol. The number of thiophene rings is 1. The molecule has 13 rings (SSSR count). The van der Waals surface area contributed by atoms with Crippen LogP contribution in [-0.2, 0) is 5.41 Å². The molecule has 0 fully saturated rings. The van der Waals surface area contributed by atoms with Crippen LogP contribution in [0.1, 0.15) is 33.4 Å². The quantitative estimate of drug-likeness (QED) is 0.163. The first kappa shape index (κ1) is 31.6. The van der Waals surface area contributed by atoms with Crippen LogP contribution in [0.2, 0.25) is 0 Å². The summed E-state index contributed by atoms with van der Waals surface area (Å²) in [5.74, 6) is 0. The second-order valence-electron chi connectivity index (χ2n) is 16.1. The molecule has 0 saturated carbocycles. The number of nitrogens with zero attached hydrogens (tertiary/aromatic N) is 2. The molecule has 2 aliphatic carbocycles. The third-order valence-electron chi connectivity index (χ3n) is 13.2. The number of para-hydroxylation sites is 2. The molecule has 0 unspecified atom stereocenters. The van der Waals surface area contributed by atoms with Gasteiger partial charge in [-0.15, -0.1) is 11.3 Å². The van der Waals surface area contributed by atoms with E-state index in [2.05, 4.69) is 200 Å². The Hall–Kier alpha value is -6.62. The highest BCUT2D eigenvalue weighted by molar-refractivity contribution is 7.33. The van der Waals surface area contributed by atoms with Crippen LogP contribution in [0.25, 0.3) is 32.3 Å². The zero-order valence-corrected chi connectivity index (χ0v) is 32.4. The maximum atomic E-state index is 2.59. The molecule has 1 aromatic heterocycles. The zero-order valence-electron chi connectivity index (χ0n) is 31.6.